The summed E-state index contributed by atoms with van der Waals surface area (Å²) in [7, 11) is 0. The molecule has 0 radical (unpaired) electrons. The Labute approximate surface area is 89.7 Å². The fraction of sp³-hybridized carbons (Fsp3) is 0.500. The van der Waals surface area contributed by atoms with Gasteiger partial charge in [-0.15, -0.1) is 0 Å². The largest absolute Gasteiger partial charge is 0.367 e. The molecule has 0 spiro atoms. The maximum Gasteiger partial charge on any atom is 0.229 e. The third-order valence-electron chi connectivity index (χ3n) is 2.25. The molecule has 1 aromatic heterocycles. The van der Waals surface area contributed by atoms with Crippen LogP contribution in [0, 0.1) is 0 Å². The average molecular weight is 212 g/mol. The van der Waals surface area contributed by atoms with Crippen molar-refractivity contribution >= 4 is 18.5 Å². The summed E-state index contributed by atoms with van der Waals surface area (Å²) in [4.78, 5) is 14.0. The van der Waals surface area contributed by atoms with Gasteiger partial charge >= 0.3 is 0 Å². The fourth-order valence-electron chi connectivity index (χ4n) is 1.22. The van der Waals surface area contributed by atoms with Gasteiger partial charge in [0.05, 0.1) is 5.75 Å². The highest BCUT2D eigenvalue weighted by Gasteiger charge is 2.21. The van der Waals surface area contributed by atoms with E-state index >= 15 is 0 Å². The molecule has 0 saturated heterocycles. The molecule has 0 aromatic carbocycles. The molecule has 0 fully saturated rings. The number of amides is 1. The molecular weight excluding hydrogens is 196 g/mol. The maximum atomic E-state index is 11.0. The van der Waals surface area contributed by atoms with Crippen LogP contribution in [0.1, 0.15) is 19.4 Å². The van der Waals surface area contributed by atoms with Crippen molar-refractivity contribution in [2.75, 3.05) is 12.3 Å². The molecule has 0 unspecified atom stereocenters. The van der Waals surface area contributed by atoms with Crippen LogP contribution in [0.4, 0.5) is 0 Å². The number of carbonyl (C=O) groups is 1. The molecule has 0 bridgehead atoms. The first-order valence-corrected chi connectivity index (χ1v) is 5.20. The van der Waals surface area contributed by atoms with Gasteiger partial charge in [0.15, 0.2) is 0 Å². The summed E-state index contributed by atoms with van der Waals surface area (Å²) in [5.74, 6) is 0.209. The van der Waals surface area contributed by atoms with Crippen molar-refractivity contribution in [3.63, 3.8) is 0 Å². The van der Waals surface area contributed by atoms with Crippen molar-refractivity contribution < 1.29 is 4.79 Å². The molecule has 78 valence electrons. The normalized spacial score (nSPS) is 11.4. The Bertz CT molecular complexity index is 293. The van der Waals surface area contributed by atoms with Crippen LogP contribution in [0.15, 0.2) is 18.5 Å². The molecule has 1 amide bonds. The minimum Gasteiger partial charge on any atom is -0.367 e. The molecule has 1 heterocycles. The first-order chi connectivity index (χ1) is 6.56. The van der Waals surface area contributed by atoms with Gasteiger partial charge in [0, 0.05) is 24.4 Å². The zero-order valence-corrected chi connectivity index (χ0v) is 9.40. The molecule has 3 nitrogen and oxygen atoms in total. The summed E-state index contributed by atoms with van der Waals surface area (Å²) in [6.45, 7) is 4.81. The first-order valence-electron chi connectivity index (χ1n) is 4.57. The number of thiol groups is 1. The van der Waals surface area contributed by atoms with Crippen molar-refractivity contribution in [1.29, 1.82) is 0 Å². The van der Waals surface area contributed by atoms with Crippen molar-refractivity contribution in [2.24, 2.45) is 0 Å². The number of rotatable bonds is 4. The minimum atomic E-state index is -0.0430. The molecule has 0 saturated carbocycles. The van der Waals surface area contributed by atoms with E-state index in [4.69, 9.17) is 0 Å². The third kappa shape index (κ3) is 2.80. The van der Waals surface area contributed by atoms with E-state index < -0.39 is 0 Å². The van der Waals surface area contributed by atoms with Gasteiger partial charge in [-0.3, -0.25) is 4.79 Å². The van der Waals surface area contributed by atoms with E-state index in [2.05, 4.69) is 36.8 Å². The molecule has 0 aliphatic rings. The number of H-pyrrole nitrogens is 1. The molecule has 0 atom stereocenters. The number of aromatic nitrogens is 1. The van der Waals surface area contributed by atoms with Crippen LogP contribution in [-0.4, -0.2) is 23.2 Å². The Balaban J connectivity index is 2.54. The molecular formula is C10H16N2OS. The summed E-state index contributed by atoms with van der Waals surface area (Å²) in [6, 6.07) is 2.02. The lowest BCUT2D eigenvalue weighted by atomic mass is 9.86. The van der Waals surface area contributed by atoms with E-state index in [1.807, 2.05) is 18.5 Å². The van der Waals surface area contributed by atoms with E-state index in [1.165, 1.54) is 5.56 Å². The second kappa shape index (κ2) is 4.55. The molecule has 1 aromatic rings. The van der Waals surface area contributed by atoms with Gasteiger partial charge in [-0.2, -0.15) is 12.6 Å². The van der Waals surface area contributed by atoms with Gasteiger partial charge in [-0.05, 0) is 11.6 Å². The highest BCUT2D eigenvalue weighted by Crippen LogP contribution is 2.21. The highest BCUT2D eigenvalue weighted by atomic mass is 32.1. The second-order valence-corrected chi connectivity index (χ2v) is 4.23. The Hall–Kier alpha value is -0.900. The third-order valence-corrected chi connectivity index (χ3v) is 2.54. The van der Waals surface area contributed by atoms with Gasteiger partial charge in [0.2, 0.25) is 5.91 Å². The van der Waals surface area contributed by atoms with Crippen LogP contribution in [0.3, 0.4) is 0 Å². The van der Waals surface area contributed by atoms with E-state index in [9.17, 15) is 4.79 Å². The summed E-state index contributed by atoms with van der Waals surface area (Å²) >= 11 is 3.90. The molecule has 1 rings (SSSR count). The van der Waals surface area contributed by atoms with Crippen molar-refractivity contribution in [2.45, 2.75) is 19.3 Å². The Morgan fingerprint density at radius 3 is 2.86 bits per heavy atom. The number of nitrogens with one attached hydrogen (secondary N) is 2. The van der Waals surface area contributed by atoms with Crippen molar-refractivity contribution in [3.05, 3.63) is 24.0 Å². The lowest BCUT2D eigenvalue weighted by molar-refractivity contribution is -0.118. The number of carbonyl (C=O) groups excluding carboxylic acids is 1. The van der Waals surface area contributed by atoms with Crippen LogP contribution < -0.4 is 5.32 Å². The molecule has 0 aliphatic carbocycles. The zero-order valence-electron chi connectivity index (χ0n) is 8.50. The Morgan fingerprint density at radius 2 is 2.36 bits per heavy atom. The Kier molecular flexibility index (Phi) is 3.63. The number of hydrogen-bond acceptors (Lipinski definition) is 2. The van der Waals surface area contributed by atoms with Crippen LogP contribution in [0.2, 0.25) is 0 Å². The van der Waals surface area contributed by atoms with Gasteiger partial charge in [-0.25, -0.2) is 0 Å². The van der Waals surface area contributed by atoms with Gasteiger partial charge in [0.25, 0.3) is 0 Å². The van der Waals surface area contributed by atoms with Crippen molar-refractivity contribution in [3.8, 4) is 0 Å². The van der Waals surface area contributed by atoms with Gasteiger partial charge in [0.1, 0.15) is 0 Å². The summed E-state index contributed by atoms with van der Waals surface area (Å²) < 4.78 is 0. The smallest absolute Gasteiger partial charge is 0.229 e. The van der Waals surface area contributed by atoms with E-state index in [-0.39, 0.29) is 17.1 Å². The fourth-order valence-corrected chi connectivity index (χ4v) is 1.33. The molecule has 2 N–H and O–H groups in total. The van der Waals surface area contributed by atoms with Crippen LogP contribution in [0.25, 0.3) is 0 Å². The quantitative estimate of drug-likeness (QED) is 0.648. The Morgan fingerprint density at radius 1 is 1.64 bits per heavy atom. The van der Waals surface area contributed by atoms with Gasteiger partial charge < -0.3 is 10.3 Å². The van der Waals surface area contributed by atoms with Crippen LogP contribution in [-0.2, 0) is 10.2 Å². The standard InChI is InChI=1S/C10H16N2OS/c1-10(2,7-12-9(13)6-14)8-3-4-11-5-8/h3-5,11,14H,6-7H2,1-2H3,(H,12,13). The number of aromatic amines is 1. The lowest BCUT2D eigenvalue weighted by Gasteiger charge is -2.23. The van der Waals surface area contributed by atoms with E-state index in [1.54, 1.807) is 0 Å². The van der Waals surface area contributed by atoms with Crippen LogP contribution >= 0.6 is 12.6 Å². The summed E-state index contributed by atoms with van der Waals surface area (Å²) in [5.41, 5.74) is 1.15. The van der Waals surface area contributed by atoms with Gasteiger partial charge in [-0.1, -0.05) is 13.8 Å². The van der Waals surface area contributed by atoms with E-state index in [0.717, 1.165) is 0 Å². The predicted molar refractivity (Wildman–Crippen MR) is 60.7 cm³/mol. The average Bonchev–Trinajstić information content (AvgIpc) is 2.67. The van der Waals surface area contributed by atoms with Crippen LogP contribution in [0.5, 0.6) is 0 Å². The molecule has 14 heavy (non-hydrogen) atoms. The first kappa shape index (κ1) is 11.2. The minimum absolute atomic E-state index is 0.0306. The SMILES string of the molecule is CC(C)(CNC(=O)CS)c1cc[nH]c1. The van der Waals surface area contributed by atoms with Crippen molar-refractivity contribution in [1.82, 2.24) is 10.3 Å². The maximum absolute atomic E-state index is 11.0. The summed E-state index contributed by atoms with van der Waals surface area (Å²) in [5, 5.41) is 2.83. The highest BCUT2D eigenvalue weighted by molar-refractivity contribution is 7.81. The van der Waals surface area contributed by atoms with E-state index in [0.29, 0.717) is 6.54 Å². The topological polar surface area (TPSA) is 44.9 Å². The monoisotopic (exact) mass is 212 g/mol. The number of hydrogen-bond donors (Lipinski definition) is 3. The molecule has 4 heteroatoms. The lowest BCUT2D eigenvalue weighted by Crippen LogP contribution is -2.37. The zero-order chi connectivity index (χ0) is 10.6. The predicted octanol–water partition coefficient (Wildman–Crippen LogP) is 1.34. The molecule has 0 aliphatic heterocycles. The second-order valence-electron chi connectivity index (χ2n) is 3.92. The summed E-state index contributed by atoms with van der Waals surface area (Å²) in [6.07, 6.45) is 3.84.